The first-order chi connectivity index (χ1) is 9.11. The molecule has 2 rings (SSSR count). The van der Waals surface area contributed by atoms with E-state index in [9.17, 15) is 4.79 Å². The van der Waals surface area contributed by atoms with Crippen LogP contribution in [-0.4, -0.2) is 11.8 Å². The average molecular weight is 278 g/mol. The molecule has 0 atom stereocenters. The second kappa shape index (κ2) is 5.93. The van der Waals surface area contributed by atoms with Crippen LogP contribution >= 0.6 is 11.6 Å². The van der Waals surface area contributed by atoms with Crippen molar-refractivity contribution in [3.8, 4) is 0 Å². The molecule has 1 heterocycles. The third-order valence-corrected chi connectivity index (χ3v) is 3.19. The van der Waals surface area contributed by atoms with E-state index in [1.54, 1.807) is 11.2 Å². The Balaban J connectivity index is 2.36. The monoisotopic (exact) mass is 277 g/mol. The van der Waals surface area contributed by atoms with Gasteiger partial charge in [0.05, 0.1) is 12.8 Å². The van der Waals surface area contributed by atoms with Crippen molar-refractivity contribution >= 4 is 23.2 Å². The molecule has 0 unspecified atom stereocenters. The van der Waals surface area contributed by atoms with Gasteiger partial charge in [-0.1, -0.05) is 12.1 Å². The molecule has 3 nitrogen and oxygen atoms in total. The van der Waals surface area contributed by atoms with E-state index in [1.165, 1.54) is 0 Å². The zero-order valence-electron chi connectivity index (χ0n) is 11.0. The van der Waals surface area contributed by atoms with Crippen LogP contribution in [0.25, 0.3) is 0 Å². The number of amides is 1. The van der Waals surface area contributed by atoms with Crippen LogP contribution in [0.1, 0.15) is 16.9 Å². The lowest BCUT2D eigenvalue weighted by Crippen LogP contribution is -2.31. The summed E-state index contributed by atoms with van der Waals surface area (Å²) in [5.41, 5.74) is 3.02. The molecule has 0 N–H and O–H groups in total. The molecule has 1 aromatic carbocycles. The number of alkyl halides is 1. The van der Waals surface area contributed by atoms with Crippen LogP contribution in [0.3, 0.4) is 0 Å². The molecular weight excluding hydrogens is 262 g/mol. The fraction of sp³-hybridized carbons (Fsp3) is 0.267. The predicted octanol–water partition coefficient (Wildman–Crippen LogP) is 3.67. The van der Waals surface area contributed by atoms with Crippen LogP contribution in [0, 0.1) is 13.8 Å². The third-order valence-electron chi connectivity index (χ3n) is 2.96. The molecule has 0 aliphatic heterocycles. The Morgan fingerprint density at radius 2 is 2.11 bits per heavy atom. The minimum Gasteiger partial charge on any atom is -0.467 e. The van der Waals surface area contributed by atoms with E-state index in [4.69, 9.17) is 16.0 Å². The van der Waals surface area contributed by atoms with Gasteiger partial charge in [-0.2, -0.15) is 0 Å². The summed E-state index contributed by atoms with van der Waals surface area (Å²) in [6, 6.07) is 9.67. The lowest BCUT2D eigenvalue weighted by atomic mass is 10.1. The Bertz CT molecular complexity index is 564. The van der Waals surface area contributed by atoms with Crippen molar-refractivity contribution in [2.45, 2.75) is 20.4 Å². The highest BCUT2D eigenvalue weighted by Crippen LogP contribution is 2.24. The second-order valence-electron chi connectivity index (χ2n) is 4.48. The Kier molecular flexibility index (Phi) is 4.27. The number of furan rings is 1. The fourth-order valence-corrected chi connectivity index (χ4v) is 2.09. The maximum absolute atomic E-state index is 12.1. The van der Waals surface area contributed by atoms with E-state index in [1.807, 2.05) is 44.2 Å². The van der Waals surface area contributed by atoms with E-state index in [0.29, 0.717) is 6.54 Å². The molecule has 0 radical (unpaired) electrons. The van der Waals surface area contributed by atoms with Gasteiger partial charge in [0.1, 0.15) is 11.6 Å². The minimum atomic E-state index is -0.133. The Labute approximate surface area is 117 Å². The van der Waals surface area contributed by atoms with E-state index >= 15 is 0 Å². The maximum Gasteiger partial charge on any atom is 0.242 e. The number of halogens is 1. The van der Waals surface area contributed by atoms with Gasteiger partial charge in [-0.3, -0.25) is 4.79 Å². The number of carbonyl (C=O) groups excluding carboxylic acids is 1. The highest BCUT2D eigenvalue weighted by molar-refractivity contribution is 6.29. The van der Waals surface area contributed by atoms with Crippen molar-refractivity contribution in [2.24, 2.45) is 0 Å². The van der Waals surface area contributed by atoms with Gasteiger partial charge >= 0.3 is 0 Å². The van der Waals surface area contributed by atoms with Crippen LogP contribution in [0.4, 0.5) is 5.69 Å². The van der Waals surface area contributed by atoms with Crippen LogP contribution in [-0.2, 0) is 11.3 Å². The normalized spacial score (nSPS) is 10.5. The van der Waals surface area contributed by atoms with E-state index in [2.05, 4.69) is 0 Å². The van der Waals surface area contributed by atoms with Gasteiger partial charge in [0, 0.05) is 5.69 Å². The van der Waals surface area contributed by atoms with Gasteiger partial charge in [-0.05, 0) is 43.2 Å². The summed E-state index contributed by atoms with van der Waals surface area (Å²) in [6.45, 7) is 4.37. The van der Waals surface area contributed by atoms with E-state index in [-0.39, 0.29) is 11.8 Å². The summed E-state index contributed by atoms with van der Waals surface area (Å²) in [4.78, 5) is 13.7. The molecule has 0 saturated carbocycles. The highest BCUT2D eigenvalue weighted by Gasteiger charge is 2.18. The molecule has 19 heavy (non-hydrogen) atoms. The van der Waals surface area contributed by atoms with E-state index < -0.39 is 0 Å². The smallest absolute Gasteiger partial charge is 0.242 e. The van der Waals surface area contributed by atoms with Gasteiger partial charge < -0.3 is 9.32 Å². The highest BCUT2D eigenvalue weighted by atomic mass is 35.5. The molecule has 0 spiro atoms. The summed E-state index contributed by atoms with van der Waals surface area (Å²) in [6.07, 6.45) is 1.60. The second-order valence-corrected chi connectivity index (χ2v) is 4.75. The number of nitrogens with zero attached hydrogens (tertiary/aromatic N) is 1. The van der Waals surface area contributed by atoms with Crippen molar-refractivity contribution < 1.29 is 9.21 Å². The zero-order chi connectivity index (χ0) is 13.8. The fourth-order valence-electron chi connectivity index (χ4n) is 1.95. The number of anilines is 1. The van der Waals surface area contributed by atoms with Gasteiger partial charge in [-0.25, -0.2) is 0 Å². The standard InChI is InChI=1S/C15H16ClNO2/c1-11-5-6-12(2)14(8-11)17(15(18)9-16)10-13-4-3-7-19-13/h3-8H,9-10H2,1-2H3. The molecule has 0 aliphatic rings. The van der Waals surface area contributed by atoms with E-state index in [0.717, 1.165) is 22.6 Å². The minimum absolute atomic E-state index is 0.0475. The molecule has 100 valence electrons. The Morgan fingerprint density at radius 1 is 1.32 bits per heavy atom. The molecule has 4 heteroatoms. The van der Waals surface area contributed by atoms with Gasteiger partial charge in [0.15, 0.2) is 0 Å². The van der Waals surface area contributed by atoms with Crippen molar-refractivity contribution in [3.63, 3.8) is 0 Å². The lowest BCUT2D eigenvalue weighted by molar-refractivity contribution is -0.116. The zero-order valence-corrected chi connectivity index (χ0v) is 11.8. The summed E-state index contributed by atoms with van der Waals surface area (Å²) < 4.78 is 5.31. The van der Waals surface area contributed by atoms with Gasteiger partial charge in [0.25, 0.3) is 0 Å². The summed E-state index contributed by atoms with van der Waals surface area (Å²) >= 11 is 5.71. The number of rotatable bonds is 4. The largest absolute Gasteiger partial charge is 0.467 e. The van der Waals surface area contributed by atoms with Crippen LogP contribution in [0.2, 0.25) is 0 Å². The molecule has 0 aliphatic carbocycles. The number of benzene rings is 1. The molecule has 1 amide bonds. The van der Waals surface area contributed by atoms with Crippen molar-refractivity contribution in [1.29, 1.82) is 0 Å². The molecule has 0 saturated heterocycles. The number of carbonyl (C=O) groups is 1. The van der Waals surface area contributed by atoms with Crippen molar-refractivity contribution in [2.75, 3.05) is 10.8 Å². The van der Waals surface area contributed by atoms with Crippen LogP contribution in [0.5, 0.6) is 0 Å². The number of hydrogen-bond acceptors (Lipinski definition) is 2. The van der Waals surface area contributed by atoms with Gasteiger partial charge in [0.2, 0.25) is 5.91 Å². The van der Waals surface area contributed by atoms with Crippen LogP contribution < -0.4 is 4.90 Å². The summed E-state index contributed by atoms with van der Waals surface area (Å²) in [7, 11) is 0. The predicted molar refractivity (Wildman–Crippen MR) is 76.5 cm³/mol. The Hall–Kier alpha value is -1.74. The molecule has 2 aromatic rings. The summed E-state index contributed by atoms with van der Waals surface area (Å²) in [5, 5.41) is 0. The SMILES string of the molecule is Cc1ccc(C)c(N(Cc2ccco2)C(=O)CCl)c1. The van der Waals surface area contributed by atoms with Crippen molar-refractivity contribution in [1.82, 2.24) is 0 Å². The maximum atomic E-state index is 12.1. The first-order valence-electron chi connectivity index (χ1n) is 6.08. The topological polar surface area (TPSA) is 33.5 Å². The van der Waals surface area contributed by atoms with Crippen molar-refractivity contribution in [3.05, 3.63) is 53.5 Å². The lowest BCUT2D eigenvalue weighted by Gasteiger charge is -2.23. The first kappa shape index (κ1) is 13.7. The number of aryl methyl sites for hydroxylation is 2. The van der Waals surface area contributed by atoms with Gasteiger partial charge in [-0.15, -0.1) is 11.6 Å². The molecule has 0 fully saturated rings. The third kappa shape index (κ3) is 3.18. The average Bonchev–Trinajstić information content (AvgIpc) is 2.91. The summed E-state index contributed by atoms with van der Waals surface area (Å²) in [5.74, 6) is 0.555. The van der Waals surface area contributed by atoms with Crippen LogP contribution in [0.15, 0.2) is 41.0 Å². The number of hydrogen-bond donors (Lipinski definition) is 0. The first-order valence-corrected chi connectivity index (χ1v) is 6.61. The molecule has 0 bridgehead atoms. The Morgan fingerprint density at radius 3 is 2.74 bits per heavy atom. The quantitative estimate of drug-likeness (QED) is 0.799. The molecule has 1 aromatic heterocycles. The molecular formula is C15H16ClNO2.